The first kappa shape index (κ1) is 13.1. The fourth-order valence-corrected chi connectivity index (χ4v) is 3.02. The lowest BCUT2D eigenvalue weighted by Crippen LogP contribution is -2.13. The highest BCUT2D eigenvalue weighted by molar-refractivity contribution is 6.06. The van der Waals surface area contributed by atoms with Crippen LogP contribution in [0, 0.1) is 13.8 Å². The van der Waals surface area contributed by atoms with Gasteiger partial charge in [-0.2, -0.15) is 15.4 Å². The fourth-order valence-electron chi connectivity index (χ4n) is 3.02. The Morgan fingerprint density at radius 3 is 2.77 bits per heavy atom. The number of aryl methyl sites for hydroxylation is 1. The third-order valence-corrected chi connectivity index (χ3v) is 4.22. The number of amides is 1. The number of fused-ring (bicyclic) bond motifs is 1. The van der Waals surface area contributed by atoms with Gasteiger partial charge >= 0.3 is 0 Å². The summed E-state index contributed by atoms with van der Waals surface area (Å²) >= 11 is 0. The Morgan fingerprint density at radius 1 is 1.23 bits per heavy atom. The van der Waals surface area contributed by atoms with Crippen molar-refractivity contribution in [3.8, 4) is 0 Å². The Bertz CT molecular complexity index is 872. The van der Waals surface area contributed by atoms with Crippen LogP contribution in [0.15, 0.2) is 24.3 Å². The number of aromatic amines is 1. The first-order valence-corrected chi connectivity index (χ1v) is 7.44. The summed E-state index contributed by atoms with van der Waals surface area (Å²) in [7, 11) is 0. The first-order valence-electron chi connectivity index (χ1n) is 7.44. The van der Waals surface area contributed by atoms with Crippen LogP contribution in [-0.2, 0) is 0 Å². The van der Waals surface area contributed by atoms with Crippen LogP contribution in [0.25, 0.3) is 11.0 Å². The van der Waals surface area contributed by atoms with E-state index in [1.165, 1.54) is 12.8 Å². The third kappa shape index (κ3) is 2.07. The lowest BCUT2D eigenvalue weighted by molar-refractivity contribution is 0.102. The van der Waals surface area contributed by atoms with Crippen molar-refractivity contribution in [2.75, 3.05) is 5.32 Å². The van der Waals surface area contributed by atoms with Crippen LogP contribution < -0.4 is 5.32 Å². The molecule has 2 heterocycles. The summed E-state index contributed by atoms with van der Waals surface area (Å²) in [5, 5.41) is 13.6. The van der Waals surface area contributed by atoms with Crippen LogP contribution in [0.5, 0.6) is 0 Å². The van der Waals surface area contributed by atoms with E-state index < -0.39 is 0 Å². The largest absolute Gasteiger partial charge is 0.345 e. The van der Waals surface area contributed by atoms with E-state index >= 15 is 0 Å². The molecule has 0 spiro atoms. The van der Waals surface area contributed by atoms with Crippen LogP contribution in [0.4, 0.5) is 5.69 Å². The smallest absolute Gasteiger partial charge is 0.257 e. The van der Waals surface area contributed by atoms with E-state index in [1.54, 1.807) is 0 Å². The second-order valence-electron chi connectivity index (χ2n) is 5.87. The minimum absolute atomic E-state index is 0.0807. The van der Waals surface area contributed by atoms with Gasteiger partial charge < -0.3 is 9.88 Å². The molecule has 6 heteroatoms. The number of anilines is 1. The number of carbonyl (C=O) groups excluding carboxylic acids is 1. The van der Waals surface area contributed by atoms with Gasteiger partial charge in [-0.05, 0) is 51.0 Å². The summed E-state index contributed by atoms with van der Waals surface area (Å²) < 4.78 is 2.27. The maximum atomic E-state index is 12.5. The van der Waals surface area contributed by atoms with E-state index in [9.17, 15) is 4.79 Å². The van der Waals surface area contributed by atoms with Gasteiger partial charge in [-0.1, -0.05) is 0 Å². The molecule has 1 amide bonds. The van der Waals surface area contributed by atoms with Crippen molar-refractivity contribution in [3.05, 3.63) is 41.2 Å². The van der Waals surface area contributed by atoms with E-state index in [-0.39, 0.29) is 5.91 Å². The second kappa shape index (κ2) is 4.69. The van der Waals surface area contributed by atoms with Gasteiger partial charge in [0.25, 0.3) is 5.91 Å². The number of nitrogens with zero attached hydrogens (tertiary/aromatic N) is 3. The molecule has 1 aliphatic carbocycles. The first-order chi connectivity index (χ1) is 10.6. The summed E-state index contributed by atoms with van der Waals surface area (Å²) in [6.07, 6.45) is 2.42. The van der Waals surface area contributed by atoms with Crippen LogP contribution in [0.2, 0.25) is 0 Å². The maximum Gasteiger partial charge on any atom is 0.257 e. The number of hydrogen-bond donors (Lipinski definition) is 2. The highest BCUT2D eigenvalue weighted by atomic mass is 16.1. The minimum atomic E-state index is -0.0807. The number of carbonyl (C=O) groups is 1. The van der Waals surface area contributed by atoms with E-state index in [0.29, 0.717) is 6.04 Å². The predicted octanol–water partition coefficient (Wildman–Crippen LogP) is 2.96. The zero-order valence-electron chi connectivity index (χ0n) is 12.6. The van der Waals surface area contributed by atoms with E-state index in [4.69, 9.17) is 0 Å². The van der Waals surface area contributed by atoms with Crippen molar-refractivity contribution in [1.82, 2.24) is 20.0 Å². The summed E-state index contributed by atoms with van der Waals surface area (Å²) in [5.74, 6) is -0.0807. The van der Waals surface area contributed by atoms with Crippen molar-refractivity contribution in [1.29, 1.82) is 0 Å². The molecule has 2 aromatic heterocycles. The number of benzene rings is 1. The molecular formula is C16H17N5O. The second-order valence-corrected chi connectivity index (χ2v) is 5.87. The van der Waals surface area contributed by atoms with Gasteiger partial charge in [0.05, 0.1) is 5.56 Å². The van der Waals surface area contributed by atoms with Gasteiger partial charge in [-0.15, -0.1) is 0 Å². The van der Waals surface area contributed by atoms with Gasteiger partial charge in [0, 0.05) is 23.1 Å². The summed E-state index contributed by atoms with van der Waals surface area (Å²) in [5.41, 5.74) is 5.18. The highest BCUT2D eigenvalue weighted by Crippen LogP contribution is 2.38. The zero-order valence-corrected chi connectivity index (χ0v) is 12.6. The van der Waals surface area contributed by atoms with Crippen molar-refractivity contribution < 1.29 is 4.79 Å². The van der Waals surface area contributed by atoms with Crippen LogP contribution >= 0.6 is 0 Å². The van der Waals surface area contributed by atoms with E-state index in [1.807, 2.05) is 31.2 Å². The number of rotatable bonds is 3. The van der Waals surface area contributed by atoms with Gasteiger partial charge in [0.2, 0.25) is 0 Å². The average molecular weight is 295 g/mol. The SMILES string of the molecule is Cc1cc(C(=O)Nc2ccc3n[nH]nc3c2)c(C)n1C1CC1. The molecule has 1 saturated carbocycles. The van der Waals surface area contributed by atoms with E-state index in [2.05, 4.69) is 32.2 Å². The molecule has 22 heavy (non-hydrogen) atoms. The molecule has 0 aliphatic heterocycles. The molecule has 112 valence electrons. The quantitative estimate of drug-likeness (QED) is 0.780. The molecule has 6 nitrogen and oxygen atoms in total. The number of aromatic nitrogens is 4. The molecule has 0 radical (unpaired) electrons. The molecule has 4 rings (SSSR count). The molecule has 3 aromatic rings. The van der Waals surface area contributed by atoms with E-state index in [0.717, 1.165) is 33.7 Å². The number of hydrogen-bond acceptors (Lipinski definition) is 3. The average Bonchev–Trinajstić information content (AvgIpc) is 3.12. The minimum Gasteiger partial charge on any atom is -0.345 e. The summed E-state index contributed by atoms with van der Waals surface area (Å²) in [4.78, 5) is 12.5. The molecule has 0 unspecified atom stereocenters. The van der Waals surface area contributed by atoms with Crippen molar-refractivity contribution >= 4 is 22.6 Å². The fraction of sp³-hybridized carbons (Fsp3) is 0.312. The normalized spacial score (nSPS) is 14.5. The van der Waals surface area contributed by atoms with Crippen molar-refractivity contribution in [2.24, 2.45) is 0 Å². The number of nitrogens with one attached hydrogen (secondary N) is 2. The van der Waals surface area contributed by atoms with Gasteiger partial charge in [-0.3, -0.25) is 4.79 Å². The molecule has 1 fully saturated rings. The highest BCUT2D eigenvalue weighted by Gasteiger charge is 2.28. The molecule has 0 atom stereocenters. The predicted molar refractivity (Wildman–Crippen MR) is 84.0 cm³/mol. The molecule has 1 aliphatic rings. The Labute approximate surface area is 127 Å². The maximum absolute atomic E-state index is 12.5. The Kier molecular flexibility index (Phi) is 2.79. The summed E-state index contributed by atoms with van der Waals surface area (Å²) in [6, 6.07) is 8.03. The van der Waals surface area contributed by atoms with Crippen LogP contribution in [0.1, 0.15) is 40.6 Å². The lowest BCUT2D eigenvalue weighted by Gasteiger charge is -2.08. The zero-order chi connectivity index (χ0) is 15.3. The van der Waals surface area contributed by atoms with Gasteiger partial charge in [-0.25, -0.2) is 0 Å². The Hall–Kier alpha value is -2.63. The van der Waals surface area contributed by atoms with Crippen LogP contribution in [0.3, 0.4) is 0 Å². The molecule has 1 aromatic carbocycles. The molecular weight excluding hydrogens is 278 g/mol. The van der Waals surface area contributed by atoms with Gasteiger partial charge in [0.15, 0.2) is 0 Å². The van der Waals surface area contributed by atoms with Crippen molar-refractivity contribution in [3.63, 3.8) is 0 Å². The lowest BCUT2D eigenvalue weighted by atomic mass is 10.2. The van der Waals surface area contributed by atoms with Crippen LogP contribution in [-0.4, -0.2) is 25.9 Å². The third-order valence-electron chi connectivity index (χ3n) is 4.22. The molecule has 2 N–H and O–H groups in total. The van der Waals surface area contributed by atoms with Gasteiger partial charge in [0.1, 0.15) is 11.0 Å². The topological polar surface area (TPSA) is 75.6 Å². The number of H-pyrrole nitrogens is 1. The monoisotopic (exact) mass is 295 g/mol. The molecule has 0 saturated heterocycles. The Morgan fingerprint density at radius 2 is 2.00 bits per heavy atom. The molecule has 0 bridgehead atoms. The van der Waals surface area contributed by atoms with Crippen molar-refractivity contribution in [2.45, 2.75) is 32.7 Å². The summed E-state index contributed by atoms with van der Waals surface area (Å²) in [6.45, 7) is 4.07. The standard InChI is InChI=1S/C16H17N5O/c1-9-7-13(10(2)21(9)12-4-5-12)16(22)17-11-3-6-14-15(8-11)19-20-18-14/h3,6-8,12H,4-5H2,1-2H3,(H,17,22)(H,18,19,20). The Balaban J connectivity index is 1.62.